The van der Waals surface area contributed by atoms with E-state index in [2.05, 4.69) is 44.7 Å². The van der Waals surface area contributed by atoms with Crippen LogP contribution in [0.2, 0.25) is 0 Å². The van der Waals surface area contributed by atoms with Crippen molar-refractivity contribution in [3.63, 3.8) is 0 Å². The van der Waals surface area contributed by atoms with Gasteiger partial charge in [0.25, 0.3) is 5.91 Å². The van der Waals surface area contributed by atoms with E-state index >= 15 is 0 Å². The monoisotopic (exact) mass is 482 g/mol. The van der Waals surface area contributed by atoms with Crippen LogP contribution in [0.3, 0.4) is 0 Å². The second-order valence-electron chi connectivity index (χ2n) is 9.91. The Labute approximate surface area is 212 Å². The molecule has 0 radical (unpaired) electrons. The number of carbonyl (C=O) groups excluding carboxylic acids is 1. The van der Waals surface area contributed by atoms with Gasteiger partial charge in [0, 0.05) is 49.5 Å². The average Bonchev–Trinajstić information content (AvgIpc) is 3.36. The fourth-order valence-corrected chi connectivity index (χ4v) is 4.77. The molecule has 5 rings (SSSR count). The van der Waals surface area contributed by atoms with Gasteiger partial charge in [-0.1, -0.05) is 25.1 Å². The largest absolute Gasteiger partial charge is 0.341 e. The predicted molar refractivity (Wildman–Crippen MR) is 144 cm³/mol. The van der Waals surface area contributed by atoms with Gasteiger partial charge < -0.3 is 9.80 Å². The third kappa shape index (κ3) is 4.70. The Morgan fingerprint density at radius 2 is 1.67 bits per heavy atom. The minimum Gasteiger partial charge on any atom is -0.341 e. The molecule has 0 aliphatic carbocycles. The van der Waals surface area contributed by atoms with Crippen molar-refractivity contribution >= 4 is 22.8 Å². The molecule has 0 saturated carbocycles. The first kappa shape index (κ1) is 24.0. The van der Waals surface area contributed by atoms with Gasteiger partial charge in [-0.3, -0.25) is 9.48 Å². The molecular weight excluding hydrogens is 448 g/mol. The molecule has 0 spiro atoms. The van der Waals surface area contributed by atoms with E-state index < -0.39 is 0 Å². The van der Waals surface area contributed by atoms with Gasteiger partial charge in [-0.25, -0.2) is 9.97 Å². The molecule has 1 fully saturated rings. The van der Waals surface area contributed by atoms with Gasteiger partial charge in [-0.05, 0) is 74.1 Å². The van der Waals surface area contributed by atoms with Crippen LogP contribution in [-0.4, -0.2) is 56.7 Å². The molecule has 1 aliphatic rings. The maximum Gasteiger partial charge on any atom is 0.253 e. The van der Waals surface area contributed by atoms with Crippen molar-refractivity contribution in [3.05, 3.63) is 72.2 Å². The zero-order chi connectivity index (χ0) is 25.2. The van der Waals surface area contributed by atoms with Crippen molar-refractivity contribution in [2.45, 2.75) is 52.1 Å². The topological polar surface area (TPSA) is 67.2 Å². The SMILES string of the molecule is CCc1cnc(N2CCC(n3ncc4cc(-c5ccc(C(=O)N(C)C(C)C)cc5)ccc43)CC2)nc1. The second kappa shape index (κ2) is 10.1. The maximum atomic E-state index is 12.6. The Kier molecular flexibility index (Phi) is 6.72. The highest BCUT2D eigenvalue weighted by molar-refractivity contribution is 5.95. The molecule has 4 aromatic rings. The zero-order valence-corrected chi connectivity index (χ0v) is 21.6. The van der Waals surface area contributed by atoms with E-state index in [0.717, 1.165) is 60.3 Å². The molecule has 36 heavy (non-hydrogen) atoms. The van der Waals surface area contributed by atoms with Crippen molar-refractivity contribution in [2.24, 2.45) is 0 Å². The van der Waals surface area contributed by atoms with E-state index in [0.29, 0.717) is 11.6 Å². The summed E-state index contributed by atoms with van der Waals surface area (Å²) in [6, 6.07) is 14.9. The Hall–Kier alpha value is -3.74. The molecule has 2 aromatic carbocycles. The summed E-state index contributed by atoms with van der Waals surface area (Å²) >= 11 is 0. The van der Waals surface area contributed by atoms with Crippen LogP contribution < -0.4 is 4.90 Å². The molecule has 1 aliphatic heterocycles. The number of nitrogens with zero attached hydrogens (tertiary/aromatic N) is 6. The fraction of sp³-hybridized carbons (Fsp3) is 0.379. The summed E-state index contributed by atoms with van der Waals surface area (Å²) in [4.78, 5) is 25.7. The number of fused-ring (bicyclic) bond motifs is 1. The summed E-state index contributed by atoms with van der Waals surface area (Å²) in [5, 5.41) is 5.90. The van der Waals surface area contributed by atoms with Crippen molar-refractivity contribution in [3.8, 4) is 11.1 Å². The van der Waals surface area contributed by atoms with Gasteiger partial charge in [0.1, 0.15) is 0 Å². The number of aryl methyl sites for hydroxylation is 1. The van der Waals surface area contributed by atoms with Crippen LogP contribution in [0.4, 0.5) is 5.95 Å². The third-order valence-electron chi connectivity index (χ3n) is 7.35. The Morgan fingerprint density at radius 3 is 2.31 bits per heavy atom. The smallest absolute Gasteiger partial charge is 0.253 e. The number of rotatable bonds is 6. The molecule has 3 heterocycles. The summed E-state index contributed by atoms with van der Waals surface area (Å²) < 4.78 is 2.18. The van der Waals surface area contributed by atoms with E-state index in [9.17, 15) is 4.79 Å². The van der Waals surface area contributed by atoms with Crippen molar-refractivity contribution in [1.82, 2.24) is 24.6 Å². The molecule has 1 saturated heterocycles. The second-order valence-corrected chi connectivity index (χ2v) is 9.91. The highest BCUT2D eigenvalue weighted by Gasteiger charge is 2.24. The Balaban J connectivity index is 1.28. The lowest BCUT2D eigenvalue weighted by atomic mass is 10.0. The average molecular weight is 483 g/mol. The summed E-state index contributed by atoms with van der Waals surface area (Å²) in [6.07, 6.45) is 8.81. The highest BCUT2D eigenvalue weighted by Crippen LogP contribution is 2.30. The summed E-state index contributed by atoms with van der Waals surface area (Å²) in [5.74, 6) is 0.869. The predicted octanol–water partition coefficient (Wildman–Crippen LogP) is 5.38. The first-order valence-corrected chi connectivity index (χ1v) is 12.9. The molecule has 0 N–H and O–H groups in total. The summed E-state index contributed by atoms with van der Waals surface area (Å²) in [5.41, 5.74) is 5.25. The number of hydrogen-bond donors (Lipinski definition) is 0. The minimum absolute atomic E-state index is 0.0452. The minimum atomic E-state index is 0.0452. The standard InChI is InChI=1S/C29H34N6O/c1-5-21-17-30-29(31-18-21)34-14-12-26(13-15-34)35-27-11-10-24(16-25(27)19-32-35)22-6-8-23(9-7-22)28(36)33(4)20(2)3/h6-11,16-20,26H,5,12-15H2,1-4H3. The highest BCUT2D eigenvalue weighted by atomic mass is 16.2. The number of benzene rings is 2. The molecule has 7 heteroatoms. The van der Waals surface area contributed by atoms with Crippen LogP contribution >= 0.6 is 0 Å². The number of aromatic nitrogens is 4. The van der Waals surface area contributed by atoms with Crippen LogP contribution in [0.1, 0.15) is 55.6 Å². The van der Waals surface area contributed by atoms with Crippen LogP contribution in [0, 0.1) is 0 Å². The quantitative estimate of drug-likeness (QED) is 0.369. The molecule has 2 aromatic heterocycles. The Morgan fingerprint density at radius 1 is 1.00 bits per heavy atom. The fourth-order valence-electron chi connectivity index (χ4n) is 4.77. The number of amides is 1. The van der Waals surface area contributed by atoms with E-state index in [1.54, 1.807) is 4.90 Å². The number of hydrogen-bond acceptors (Lipinski definition) is 5. The lowest BCUT2D eigenvalue weighted by Crippen LogP contribution is -2.36. The van der Waals surface area contributed by atoms with Gasteiger partial charge >= 0.3 is 0 Å². The first-order valence-electron chi connectivity index (χ1n) is 12.9. The number of anilines is 1. The van der Waals surface area contributed by atoms with Crippen LogP contribution in [-0.2, 0) is 6.42 Å². The van der Waals surface area contributed by atoms with Crippen LogP contribution in [0.25, 0.3) is 22.0 Å². The first-order chi connectivity index (χ1) is 17.4. The van der Waals surface area contributed by atoms with Crippen molar-refractivity contribution in [1.29, 1.82) is 0 Å². The lowest BCUT2D eigenvalue weighted by Gasteiger charge is -2.32. The molecular formula is C29H34N6O. The normalized spacial score (nSPS) is 14.5. The van der Waals surface area contributed by atoms with E-state index in [1.807, 2.05) is 63.8 Å². The molecule has 7 nitrogen and oxygen atoms in total. The summed E-state index contributed by atoms with van der Waals surface area (Å²) in [6.45, 7) is 8.00. The number of piperidine rings is 1. The lowest BCUT2D eigenvalue weighted by molar-refractivity contribution is 0.0755. The number of carbonyl (C=O) groups is 1. The van der Waals surface area contributed by atoms with Crippen molar-refractivity contribution < 1.29 is 4.79 Å². The van der Waals surface area contributed by atoms with E-state index in [4.69, 9.17) is 5.10 Å². The van der Waals surface area contributed by atoms with Gasteiger partial charge in [0.2, 0.25) is 5.95 Å². The van der Waals surface area contributed by atoms with E-state index in [1.165, 1.54) is 5.56 Å². The van der Waals surface area contributed by atoms with Gasteiger partial charge in [-0.15, -0.1) is 0 Å². The molecule has 0 bridgehead atoms. The van der Waals surface area contributed by atoms with Crippen molar-refractivity contribution in [2.75, 3.05) is 25.0 Å². The maximum absolute atomic E-state index is 12.6. The Bertz CT molecular complexity index is 1330. The molecule has 186 valence electrons. The summed E-state index contributed by atoms with van der Waals surface area (Å²) in [7, 11) is 1.84. The zero-order valence-electron chi connectivity index (χ0n) is 21.6. The van der Waals surface area contributed by atoms with Crippen LogP contribution in [0.15, 0.2) is 61.1 Å². The molecule has 1 amide bonds. The third-order valence-corrected chi connectivity index (χ3v) is 7.35. The van der Waals surface area contributed by atoms with Gasteiger partial charge in [0.05, 0.1) is 17.8 Å². The van der Waals surface area contributed by atoms with Gasteiger partial charge in [0.15, 0.2) is 0 Å². The van der Waals surface area contributed by atoms with Crippen LogP contribution in [0.5, 0.6) is 0 Å². The van der Waals surface area contributed by atoms with Gasteiger partial charge in [-0.2, -0.15) is 5.10 Å². The molecule has 0 atom stereocenters. The van der Waals surface area contributed by atoms with E-state index in [-0.39, 0.29) is 11.9 Å². The molecule has 0 unspecified atom stereocenters.